The van der Waals surface area contributed by atoms with Gasteiger partial charge in [0.05, 0.1) is 23.7 Å². The fourth-order valence-electron chi connectivity index (χ4n) is 3.30. The second kappa shape index (κ2) is 4.18. The van der Waals surface area contributed by atoms with Crippen LogP contribution in [0.2, 0.25) is 0 Å². The van der Waals surface area contributed by atoms with Gasteiger partial charge in [-0.1, -0.05) is 12.2 Å². The van der Waals surface area contributed by atoms with E-state index in [4.69, 9.17) is 9.47 Å². The van der Waals surface area contributed by atoms with Crippen LogP contribution in [-0.4, -0.2) is 35.0 Å². The van der Waals surface area contributed by atoms with Crippen molar-refractivity contribution in [2.45, 2.75) is 57.0 Å². The van der Waals surface area contributed by atoms with E-state index in [-0.39, 0.29) is 23.7 Å². The molecule has 1 aliphatic carbocycles. The topological polar surface area (TPSA) is 59.1 Å². The third kappa shape index (κ3) is 2.13. The normalized spacial score (nSPS) is 48.7. The largest absolute Gasteiger partial charge is 0.454 e. The van der Waals surface area contributed by atoms with Crippen LogP contribution in [0.25, 0.3) is 0 Å². The molecular weight excluding hydrogens is 244 g/mol. The number of esters is 1. The predicted octanol–water partition coefficient (Wildman–Crippen LogP) is 1.73. The van der Waals surface area contributed by atoms with Crippen molar-refractivity contribution in [2.24, 2.45) is 5.92 Å². The second-order valence-electron chi connectivity index (χ2n) is 6.16. The highest BCUT2D eigenvalue weighted by molar-refractivity contribution is 5.91. The number of carbonyl (C=O) groups excluding carboxylic acids is 1. The van der Waals surface area contributed by atoms with Crippen LogP contribution in [0, 0.1) is 5.92 Å². The SMILES string of the molecule is C=C1C(=O)O[C@@H]2/C=C(\C)CC[C@H]3O[C@@]3(C)C[C@@H](O)[C@@H]12. The molecule has 0 aromatic heterocycles. The van der Waals surface area contributed by atoms with Crippen LogP contribution < -0.4 is 0 Å². The Hall–Kier alpha value is -1.13. The maximum atomic E-state index is 11.7. The predicted molar refractivity (Wildman–Crippen MR) is 69.4 cm³/mol. The van der Waals surface area contributed by atoms with Crippen LogP contribution in [0.4, 0.5) is 0 Å². The van der Waals surface area contributed by atoms with E-state index >= 15 is 0 Å². The Balaban J connectivity index is 1.92. The van der Waals surface area contributed by atoms with Crippen molar-refractivity contribution >= 4 is 5.97 Å². The number of allylic oxidation sites excluding steroid dienone is 1. The molecule has 4 nitrogen and oxygen atoms in total. The summed E-state index contributed by atoms with van der Waals surface area (Å²) in [6, 6.07) is 0. The molecule has 0 unspecified atom stereocenters. The van der Waals surface area contributed by atoms with Gasteiger partial charge in [0, 0.05) is 12.0 Å². The molecule has 104 valence electrons. The number of epoxide rings is 1. The summed E-state index contributed by atoms with van der Waals surface area (Å²) in [4.78, 5) is 11.7. The van der Waals surface area contributed by atoms with Gasteiger partial charge in [-0.3, -0.25) is 0 Å². The van der Waals surface area contributed by atoms with Crippen LogP contribution in [0.3, 0.4) is 0 Å². The van der Waals surface area contributed by atoms with E-state index in [9.17, 15) is 9.90 Å². The minimum Gasteiger partial charge on any atom is -0.454 e. The summed E-state index contributed by atoms with van der Waals surface area (Å²) >= 11 is 0. The fourth-order valence-corrected chi connectivity index (χ4v) is 3.30. The molecule has 1 N–H and O–H groups in total. The van der Waals surface area contributed by atoms with E-state index in [1.54, 1.807) is 0 Å². The molecule has 3 rings (SSSR count). The first-order valence-electron chi connectivity index (χ1n) is 6.84. The van der Waals surface area contributed by atoms with Crippen molar-refractivity contribution in [3.63, 3.8) is 0 Å². The maximum absolute atomic E-state index is 11.7. The number of carbonyl (C=O) groups is 1. The summed E-state index contributed by atoms with van der Waals surface area (Å²) in [5.41, 5.74) is 1.29. The molecule has 2 aliphatic heterocycles. The van der Waals surface area contributed by atoms with E-state index < -0.39 is 12.1 Å². The van der Waals surface area contributed by atoms with E-state index in [1.165, 1.54) is 5.57 Å². The molecule has 0 aromatic rings. The molecule has 0 amide bonds. The minimum atomic E-state index is -0.652. The first kappa shape index (κ1) is 12.9. The van der Waals surface area contributed by atoms with E-state index in [0.29, 0.717) is 12.0 Å². The molecule has 0 radical (unpaired) electrons. The molecule has 0 aromatic carbocycles. The van der Waals surface area contributed by atoms with Gasteiger partial charge >= 0.3 is 5.97 Å². The van der Waals surface area contributed by atoms with Gasteiger partial charge in [0.1, 0.15) is 6.10 Å². The van der Waals surface area contributed by atoms with Gasteiger partial charge in [0.25, 0.3) is 0 Å². The monoisotopic (exact) mass is 264 g/mol. The summed E-state index contributed by atoms with van der Waals surface area (Å²) in [5, 5.41) is 10.4. The molecule has 0 spiro atoms. The molecule has 3 aliphatic rings. The van der Waals surface area contributed by atoms with Crippen molar-refractivity contribution in [1.29, 1.82) is 0 Å². The van der Waals surface area contributed by atoms with Gasteiger partial charge in [-0.05, 0) is 32.8 Å². The fraction of sp³-hybridized carbons (Fsp3) is 0.667. The lowest BCUT2D eigenvalue weighted by Gasteiger charge is -2.24. The minimum absolute atomic E-state index is 0.216. The first-order valence-corrected chi connectivity index (χ1v) is 6.84. The highest BCUT2D eigenvalue weighted by atomic mass is 16.6. The van der Waals surface area contributed by atoms with E-state index in [1.807, 2.05) is 19.9 Å². The quantitative estimate of drug-likeness (QED) is 0.313. The highest BCUT2D eigenvalue weighted by Gasteiger charge is 2.55. The van der Waals surface area contributed by atoms with Gasteiger partial charge in [0.2, 0.25) is 0 Å². The Morgan fingerprint density at radius 1 is 1.53 bits per heavy atom. The van der Waals surface area contributed by atoms with Crippen molar-refractivity contribution in [2.75, 3.05) is 0 Å². The zero-order valence-corrected chi connectivity index (χ0v) is 11.4. The third-order valence-corrected chi connectivity index (χ3v) is 4.58. The average molecular weight is 264 g/mol. The summed E-state index contributed by atoms with van der Waals surface area (Å²) in [6.45, 7) is 7.83. The van der Waals surface area contributed by atoms with Crippen LogP contribution in [0.1, 0.15) is 33.1 Å². The number of aliphatic hydroxyl groups excluding tert-OH is 1. The lowest BCUT2D eigenvalue weighted by atomic mass is 9.83. The molecule has 2 saturated heterocycles. The van der Waals surface area contributed by atoms with Crippen molar-refractivity contribution < 1.29 is 19.4 Å². The van der Waals surface area contributed by atoms with E-state index in [2.05, 4.69) is 6.58 Å². The lowest BCUT2D eigenvalue weighted by Crippen LogP contribution is -2.33. The Kier molecular flexibility index (Phi) is 2.84. The van der Waals surface area contributed by atoms with Crippen LogP contribution in [-0.2, 0) is 14.3 Å². The molecule has 19 heavy (non-hydrogen) atoms. The smallest absolute Gasteiger partial charge is 0.334 e. The Morgan fingerprint density at radius 3 is 3.00 bits per heavy atom. The molecule has 5 atom stereocenters. The maximum Gasteiger partial charge on any atom is 0.334 e. The first-order chi connectivity index (χ1) is 8.90. The van der Waals surface area contributed by atoms with Crippen molar-refractivity contribution in [3.05, 3.63) is 23.8 Å². The lowest BCUT2D eigenvalue weighted by molar-refractivity contribution is -0.137. The molecule has 0 bridgehead atoms. The van der Waals surface area contributed by atoms with Gasteiger partial charge < -0.3 is 14.6 Å². The van der Waals surface area contributed by atoms with Crippen LogP contribution >= 0.6 is 0 Å². The highest BCUT2D eigenvalue weighted by Crippen LogP contribution is 2.46. The summed E-state index contributed by atoms with van der Waals surface area (Å²) in [7, 11) is 0. The summed E-state index contributed by atoms with van der Waals surface area (Å²) < 4.78 is 11.0. The number of hydrogen-bond donors (Lipinski definition) is 1. The molecule has 0 saturated carbocycles. The van der Waals surface area contributed by atoms with Crippen molar-refractivity contribution in [3.8, 4) is 0 Å². The van der Waals surface area contributed by atoms with Crippen LogP contribution in [0.5, 0.6) is 0 Å². The number of fused-ring (bicyclic) bond motifs is 2. The Morgan fingerprint density at radius 2 is 2.26 bits per heavy atom. The van der Waals surface area contributed by atoms with E-state index in [0.717, 1.165) is 12.8 Å². The number of rotatable bonds is 0. The van der Waals surface area contributed by atoms with Gasteiger partial charge in [-0.2, -0.15) is 0 Å². The number of hydrogen-bond acceptors (Lipinski definition) is 4. The molecular formula is C15H20O4. The zero-order valence-electron chi connectivity index (χ0n) is 11.4. The number of aliphatic hydroxyl groups is 1. The average Bonchev–Trinajstić information content (AvgIpc) is 2.86. The van der Waals surface area contributed by atoms with Crippen LogP contribution in [0.15, 0.2) is 23.8 Å². The Labute approximate surface area is 113 Å². The third-order valence-electron chi connectivity index (χ3n) is 4.58. The summed E-state index contributed by atoms with van der Waals surface area (Å²) in [6.07, 6.45) is 3.56. The number of ether oxygens (including phenoxy) is 2. The second-order valence-corrected chi connectivity index (χ2v) is 6.16. The standard InChI is InChI=1S/C15H20O4/c1-8-4-5-12-15(3,19-12)7-10(16)13-9(2)14(17)18-11(13)6-8/h6,10-13,16H,2,4-5,7H2,1,3H3/b8-6+/t10-,11-,12-,13-,15+/m1/s1. The van der Waals surface area contributed by atoms with Gasteiger partial charge in [-0.15, -0.1) is 0 Å². The molecule has 2 fully saturated rings. The molecule has 4 heteroatoms. The zero-order chi connectivity index (χ0) is 13.8. The van der Waals surface area contributed by atoms with Gasteiger partial charge in [-0.25, -0.2) is 4.79 Å². The van der Waals surface area contributed by atoms with Crippen molar-refractivity contribution in [1.82, 2.24) is 0 Å². The Bertz CT molecular complexity index is 467. The van der Waals surface area contributed by atoms with Gasteiger partial charge in [0.15, 0.2) is 0 Å². The summed E-state index contributed by atoms with van der Waals surface area (Å²) in [5.74, 6) is -0.738. The molecule has 2 heterocycles.